The number of piperazine rings is 1. The van der Waals surface area contributed by atoms with E-state index in [4.69, 9.17) is 16.0 Å². The standard InChI is InChI=1S/C25H29ClN4O2/c1-2-29-13-15-30(16-14-29)18-19-7-9-20(10-8-19)28-24(31)11-12-25-27-17-23(32-25)21-5-3-4-6-22(21)26/h3-10,17H,2,11-16,18H2,1H3,(H,28,31). The third-order valence-electron chi connectivity index (χ3n) is 5.81. The molecule has 168 valence electrons. The topological polar surface area (TPSA) is 61.6 Å². The molecule has 1 aliphatic heterocycles. The van der Waals surface area contributed by atoms with E-state index in [0.29, 0.717) is 29.5 Å². The molecule has 0 atom stereocenters. The van der Waals surface area contributed by atoms with Gasteiger partial charge in [-0.05, 0) is 36.4 Å². The van der Waals surface area contributed by atoms with E-state index in [9.17, 15) is 4.79 Å². The van der Waals surface area contributed by atoms with Gasteiger partial charge in [0, 0.05) is 56.8 Å². The fourth-order valence-electron chi connectivity index (χ4n) is 3.87. The highest BCUT2D eigenvalue weighted by Crippen LogP contribution is 2.28. The van der Waals surface area contributed by atoms with Crippen LogP contribution < -0.4 is 5.32 Å². The van der Waals surface area contributed by atoms with Crippen LogP contribution in [-0.4, -0.2) is 53.4 Å². The van der Waals surface area contributed by atoms with Crippen molar-refractivity contribution < 1.29 is 9.21 Å². The van der Waals surface area contributed by atoms with Crippen molar-refractivity contribution in [1.29, 1.82) is 0 Å². The first-order chi connectivity index (χ1) is 15.6. The third-order valence-corrected chi connectivity index (χ3v) is 6.14. The van der Waals surface area contributed by atoms with E-state index < -0.39 is 0 Å². The van der Waals surface area contributed by atoms with Crippen molar-refractivity contribution in [3.8, 4) is 11.3 Å². The molecule has 1 saturated heterocycles. The molecule has 0 unspecified atom stereocenters. The van der Waals surface area contributed by atoms with Crippen molar-refractivity contribution in [2.24, 2.45) is 0 Å². The molecule has 4 rings (SSSR count). The first-order valence-corrected chi connectivity index (χ1v) is 11.5. The highest BCUT2D eigenvalue weighted by Gasteiger charge is 2.15. The largest absolute Gasteiger partial charge is 0.441 e. The molecular formula is C25H29ClN4O2. The van der Waals surface area contributed by atoms with Crippen molar-refractivity contribution in [2.75, 3.05) is 38.0 Å². The number of amides is 1. The fraction of sp³-hybridized carbons (Fsp3) is 0.360. The van der Waals surface area contributed by atoms with E-state index >= 15 is 0 Å². The third kappa shape index (κ3) is 5.97. The minimum absolute atomic E-state index is 0.0640. The van der Waals surface area contributed by atoms with Crippen LogP contribution >= 0.6 is 11.6 Å². The first-order valence-electron chi connectivity index (χ1n) is 11.1. The molecule has 0 saturated carbocycles. The Morgan fingerprint density at radius 2 is 1.78 bits per heavy atom. The average Bonchev–Trinajstić information content (AvgIpc) is 3.29. The molecule has 0 aliphatic carbocycles. The number of likely N-dealkylation sites (N-methyl/N-ethyl adjacent to an activating group) is 1. The average molecular weight is 453 g/mol. The van der Waals surface area contributed by atoms with Crippen molar-refractivity contribution >= 4 is 23.2 Å². The number of hydrogen-bond donors (Lipinski definition) is 1. The maximum absolute atomic E-state index is 12.4. The van der Waals surface area contributed by atoms with E-state index in [2.05, 4.69) is 39.2 Å². The van der Waals surface area contributed by atoms with Crippen LogP contribution in [0.4, 0.5) is 5.69 Å². The summed E-state index contributed by atoms with van der Waals surface area (Å²) < 4.78 is 5.77. The number of halogens is 1. The molecule has 0 radical (unpaired) electrons. The van der Waals surface area contributed by atoms with E-state index in [1.807, 2.05) is 36.4 Å². The molecule has 1 aromatic heterocycles. The molecule has 0 spiro atoms. The van der Waals surface area contributed by atoms with Crippen LogP contribution in [0.1, 0.15) is 24.8 Å². The SMILES string of the molecule is CCN1CCN(Cc2ccc(NC(=O)CCc3ncc(-c4ccccc4Cl)o3)cc2)CC1. The van der Waals surface area contributed by atoms with Crippen LogP contribution in [0.15, 0.2) is 59.1 Å². The second-order valence-electron chi connectivity index (χ2n) is 8.05. The number of anilines is 1. The quantitative estimate of drug-likeness (QED) is 0.536. The lowest BCUT2D eigenvalue weighted by molar-refractivity contribution is -0.116. The summed E-state index contributed by atoms with van der Waals surface area (Å²) in [5.41, 5.74) is 2.86. The van der Waals surface area contributed by atoms with Gasteiger partial charge in [-0.1, -0.05) is 42.8 Å². The molecule has 1 N–H and O–H groups in total. The number of rotatable bonds is 8. The van der Waals surface area contributed by atoms with E-state index in [1.54, 1.807) is 6.20 Å². The molecule has 32 heavy (non-hydrogen) atoms. The smallest absolute Gasteiger partial charge is 0.224 e. The maximum atomic E-state index is 12.4. The molecule has 0 bridgehead atoms. The highest BCUT2D eigenvalue weighted by atomic mass is 35.5. The predicted molar refractivity (Wildman–Crippen MR) is 128 cm³/mol. The lowest BCUT2D eigenvalue weighted by atomic mass is 10.1. The Hall–Kier alpha value is -2.67. The van der Waals surface area contributed by atoms with Crippen molar-refractivity contribution in [3.05, 3.63) is 71.2 Å². The van der Waals surface area contributed by atoms with Crippen LogP contribution in [-0.2, 0) is 17.8 Å². The van der Waals surface area contributed by atoms with Crippen molar-refractivity contribution in [1.82, 2.24) is 14.8 Å². The van der Waals surface area contributed by atoms with Gasteiger partial charge in [-0.2, -0.15) is 0 Å². The van der Waals surface area contributed by atoms with Crippen LogP contribution in [0, 0.1) is 0 Å². The summed E-state index contributed by atoms with van der Waals surface area (Å²) in [4.78, 5) is 21.6. The summed E-state index contributed by atoms with van der Waals surface area (Å²) >= 11 is 6.21. The van der Waals surface area contributed by atoms with E-state index in [0.717, 1.165) is 50.5 Å². The number of oxazole rings is 1. The van der Waals surface area contributed by atoms with Gasteiger partial charge in [0.15, 0.2) is 11.7 Å². The summed E-state index contributed by atoms with van der Waals surface area (Å²) in [6.45, 7) is 8.76. The lowest BCUT2D eigenvalue weighted by Crippen LogP contribution is -2.45. The van der Waals surface area contributed by atoms with Crippen LogP contribution in [0.25, 0.3) is 11.3 Å². The zero-order valence-corrected chi connectivity index (χ0v) is 19.1. The fourth-order valence-corrected chi connectivity index (χ4v) is 4.10. The summed E-state index contributed by atoms with van der Waals surface area (Å²) in [7, 11) is 0. The van der Waals surface area contributed by atoms with Gasteiger partial charge in [-0.3, -0.25) is 9.69 Å². The second-order valence-corrected chi connectivity index (χ2v) is 8.46. The van der Waals surface area contributed by atoms with Crippen LogP contribution in [0.3, 0.4) is 0 Å². The number of nitrogens with one attached hydrogen (secondary N) is 1. The lowest BCUT2D eigenvalue weighted by Gasteiger charge is -2.34. The number of carbonyl (C=O) groups is 1. The number of aryl methyl sites for hydroxylation is 1. The minimum Gasteiger partial charge on any atom is -0.441 e. The molecule has 3 aromatic rings. The Morgan fingerprint density at radius 3 is 2.50 bits per heavy atom. The van der Waals surface area contributed by atoms with Gasteiger partial charge in [0.1, 0.15) is 0 Å². The van der Waals surface area contributed by atoms with E-state index in [-0.39, 0.29) is 5.91 Å². The Kier molecular flexibility index (Phi) is 7.58. The molecule has 6 nitrogen and oxygen atoms in total. The van der Waals surface area contributed by atoms with Crippen LogP contribution in [0.2, 0.25) is 5.02 Å². The van der Waals surface area contributed by atoms with Crippen molar-refractivity contribution in [2.45, 2.75) is 26.3 Å². The van der Waals surface area contributed by atoms with Gasteiger partial charge in [0.25, 0.3) is 0 Å². The summed E-state index contributed by atoms with van der Waals surface area (Å²) in [5, 5.41) is 3.57. The number of aromatic nitrogens is 1. The van der Waals surface area contributed by atoms with Gasteiger partial charge >= 0.3 is 0 Å². The maximum Gasteiger partial charge on any atom is 0.224 e. The van der Waals surface area contributed by atoms with Gasteiger partial charge < -0.3 is 14.6 Å². The summed E-state index contributed by atoms with van der Waals surface area (Å²) in [6.07, 6.45) is 2.37. The highest BCUT2D eigenvalue weighted by molar-refractivity contribution is 6.33. The number of carbonyl (C=O) groups excluding carboxylic acids is 1. The summed E-state index contributed by atoms with van der Waals surface area (Å²) in [5.74, 6) is 1.07. The molecule has 1 fully saturated rings. The number of nitrogens with zero attached hydrogens (tertiary/aromatic N) is 3. The molecule has 7 heteroatoms. The first kappa shape index (κ1) is 22.5. The molecule has 2 aromatic carbocycles. The van der Waals surface area contributed by atoms with Crippen LogP contribution in [0.5, 0.6) is 0 Å². The molecule has 1 amide bonds. The Morgan fingerprint density at radius 1 is 1.06 bits per heavy atom. The van der Waals surface area contributed by atoms with Gasteiger partial charge in [-0.15, -0.1) is 0 Å². The predicted octanol–water partition coefficient (Wildman–Crippen LogP) is 4.70. The monoisotopic (exact) mass is 452 g/mol. The normalized spacial score (nSPS) is 15.1. The number of hydrogen-bond acceptors (Lipinski definition) is 5. The van der Waals surface area contributed by atoms with Gasteiger partial charge in [-0.25, -0.2) is 4.98 Å². The molecule has 1 aliphatic rings. The van der Waals surface area contributed by atoms with E-state index in [1.165, 1.54) is 5.56 Å². The van der Waals surface area contributed by atoms with Crippen molar-refractivity contribution in [3.63, 3.8) is 0 Å². The second kappa shape index (κ2) is 10.8. The van der Waals surface area contributed by atoms with Gasteiger partial charge in [0.2, 0.25) is 5.91 Å². The Balaban J connectivity index is 1.24. The zero-order valence-electron chi connectivity index (χ0n) is 18.4. The van der Waals surface area contributed by atoms with Gasteiger partial charge in [0.05, 0.1) is 11.2 Å². The molecular weight excluding hydrogens is 424 g/mol. The molecule has 2 heterocycles. The summed E-state index contributed by atoms with van der Waals surface area (Å²) in [6, 6.07) is 15.6. The zero-order chi connectivity index (χ0) is 22.3. The minimum atomic E-state index is -0.0640. The Bertz CT molecular complexity index is 1030. The Labute approximate surface area is 194 Å². The number of benzene rings is 2.